The monoisotopic (exact) mass is 312 g/mol. The molecule has 0 aliphatic heterocycles. The first-order chi connectivity index (χ1) is 11.3. The van der Waals surface area contributed by atoms with Gasteiger partial charge in [-0.1, -0.05) is 43.2 Å². The van der Waals surface area contributed by atoms with Crippen LogP contribution >= 0.6 is 0 Å². The molecule has 1 aromatic heterocycles. The number of amides is 1. The van der Waals surface area contributed by atoms with Gasteiger partial charge in [-0.05, 0) is 37.0 Å². The molecule has 2 aromatic rings. The maximum Gasteiger partial charge on any atom is 0.268 e. The standard InChI is InChI=1S/C19H24N2O2/c22-14-12-17(15-7-2-1-3-8-15)20-19(23)18-11-6-13-21(18)16-9-4-5-10-16/h1-3,6-8,11,13,16-17,22H,4-5,9-10,12,14H2,(H,20,23). The molecule has 1 aliphatic carbocycles. The number of benzene rings is 1. The van der Waals surface area contributed by atoms with Gasteiger partial charge in [-0.15, -0.1) is 0 Å². The second-order valence-electron chi connectivity index (χ2n) is 6.19. The Labute approximate surface area is 137 Å². The maximum absolute atomic E-state index is 12.7. The zero-order chi connectivity index (χ0) is 16.1. The summed E-state index contributed by atoms with van der Waals surface area (Å²) in [5, 5.41) is 12.4. The molecule has 1 heterocycles. The third-order valence-electron chi connectivity index (χ3n) is 4.65. The van der Waals surface area contributed by atoms with Crippen molar-refractivity contribution < 1.29 is 9.90 Å². The maximum atomic E-state index is 12.7. The summed E-state index contributed by atoms with van der Waals surface area (Å²) in [4.78, 5) is 12.7. The SMILES string of the molecule is O=C(NC(CCO)c1ccccc1)c1cccn1C1CCCC1. The van der Waals surface area contributed by atoms with Crippen LogP contribution in [-0.4, -0.2) is 22.2 Å². The van der Waals surface area contributed by atoms with E-state index in [-0.39, 0.29) is 18.6 Å². The highest BCUT2D eigenvalue weighted by atomic mass is 16.3. The van der Waals surface area contributed by atoms with E-state index in [1.807, 2.05) is 48.7 Å². The van der Waals surface area contributed by atoms with Crippen LogP contribution in [0.4, 0.5) is 0 Å². The van der Waals surface area contributed by atoms with Crippen molar-refractivity contribution in [1.29, 1.82) is 0 Å². The quantitative estimate of drug-likeness (QED) is 0.858. The van der Waals surface area contributed by atoms with Crippen LogP contribution in [0.1, 0.15) is 60.2 Å². The third-order valence-corrected chi connectivity index (χ3v) is 4.65. The zero-order valence-corrected chi connectivity index (χ0v) is 13.3. The molecule has 1 amide bonds. The summed E-state index contributed by atoms with van der Waals surface area (Å²) in [6.07, 6.45) is 7.29. The summed E-state index contributed by atoms with van der Waals surface area (Å²) in [5.41, 5.74) is 1.74. The summed E-state index contributed by atoms with van der Waals surface area (Å²) in [6, 6.07) is 13.9. The van der Waals surface area contributed by atoms with Gasteiger partial charge >= 0.3 is 0 Å². The van der Waals surface area contributed by atoms with Crippen LogP contribution in [0, 0.1) is 0 Å². The van der Waals surface area contributed by atoms with Gasteiger partial charge < -0.3 is 15.0 Å². The number of hydrogen-bond acceptors (Lipinski definition) is 2. The van der Waals surface area contributed by atoms with Gasteiger partial charge in [-0.25, -0.2) is 0 Å². The van der Waals surface area contributed by atoms with Crippen LogP contribution in [0.25, 0.3) is 0 Å². The van der Waals surface area contributed by atoms with Crippen molar-refractivity contribution in [2.45, 2.75) is 44.2 Å². The average molecular weight is 312 g/mol. The molecular weight excluding hydrogens is 288 g/mol. The summed E-state index contributed by atoms with van der Waals surface area (Å²) >= 11 is 0. The van der Waals surface area contributed by atoms with E-state index in [0.717, 1.165) is 24.1 Å². The zero-order valence-electron chi connectivity index (χ0n) is 13.3. The van der Waals surface area contributed by atoms with E-state index < -0.39 is 0 Å². The van der Waals surface area contributed by atoms with E-state index in [2.05, 4.69) is 9.88 Å². The Kier molecular flexibility index (Phi) is 5.13. The average Bonchev–Trinajstić information content (AvgIpc) is 3.26. The lowest BCUT2D eigenvalue weighted by atomic mass is 10.0. The van der Waals surface area contributed by atoms with E-state index in [9.17, 15) is 9.90 Å². The fraction of sp³-hybridized carbons (Fsp3) is 0.421. The van der Waals surface area contributed by atoms with E-state index in [0.29, 0.717) is 12.5 Å². The predicted octanol–water partition coefficient (Wildman–Crippen LogP) is 3.46. The molecule has 1 fully saturated rings. The molecule has 122 valence electrons. The smallest absolute Gasteiger partial charge is 0.268 e. The lowest BCUT2D eigenvalue weighted by molar-refractivity contribution is 0.0918. The van der Waals surface area contributed by atoms with Crippen LogP contribution in [-0.2, 0) is 0 Å². The fourth-order valence-electron chi connectivity index (χ4n) is 3.46. The molecule has 4 heteroatoms. The van der Waals surface area contributed by atoms with Crippen molar-refractivity contribution in [3.05, 3.63) is 59.9 Å². The topological polar surface area (TPSA) is 54.3 Å². The highest BCUT2D eigenvalue weighted by Crippen LogP contribution is 2.31. The highest BCUT2D eigenvalue weighted by molar-refractivity contribution is 5.93. The second-order valence-corrected chi connectivity index (χ2v) is 6.19. The molecule has 1 aromatic carbocycles. The predicted molar refractivity (Wildman–Crippen MR) is 90.3 cm³/mol. The van der Waals surface area contributed by atoms with Crippen LogP contribution < -0.4 is 5.32 Å². The van der Waals surface area contributed by atoms with E-state index in [1.165, 1.54) is 12.8 Å². The molecule has 3 rings (SSSR count). The first-order valence-corrected chi connectivity index (χ1v) is 8.43. The number of nitrogens with zero attached hydrogens (tertiary/aromatic N) is 1. The van der Waals surface area contributed by atoms with Gasteiger partial charge in [0.05, 0.1) is 6.04 Å². The first kappa shape index (κ1) is 15.8. The summed E-state index contributed by atoms with van der Waals surface area (Å²) in [6.45, 7) is 0.0451. The lowest BCUT2D eigenvalue weighted by Crippen LogP contribution is -2.31. The molecule has 0 bridgehead atoms. The van der Waals surface area contributed by atoms with E-state index in [1.54, 1.807) is 0 Å². The summed E-state index contributed by atoms with van der Waals surface area (Å²) < 4.78 is 2.11. The minimum absolute atomic E-state index is 0.0451. The Balaban J connectivity index is 1.76. The number of nitrogens with one attached hydrogen (secondary N) is 1. The van der Waals surface area contributed by atoms with Gasteiger partial charge in [-0.2, -0.15) is 0 Å². The third kappa shape index (κ3) is 3.64. The van der Waals surface area contributed by atoms with Gasteiger partial charge in [-0.3, -0.25) is 4.79 Å². The minimum atomic E-state index is -0.166. The molecule has 0 spiro atoms. The van der Waals surface area contributed by atoms with Crippen LogP contribution in [0.15, 0.2) is 48.7 Å². The van der Waals surface area contributed by atoms with Gasteiger partial charge in [0.2, 0.25) is 0 Å². The Morgan fingerprint density at radius 2 is 1.91 bits per heavy atom. The summed E-state index contributed by atoms with van der Waals surface area (Å²) in [7, 11) is 0. The van der Waals surface area contributed by atoms with Crippen molar-refractivity contribution in [2.75, 3.05) is 6.61 Å². The fourth-order valence-corrected chi connectivity index (χ4v) is 3.46. The van der Waals surface area contributed by atoms with Crippen molar-refractivity contribution in [3.8, 4) is 0 Å². The number of carbonyl (C=O) groups is 1. The van der Waals surface area contributed by atoms with Crippen LogP contribution in [0.2, 0.25) is 0 Å². The second kappa shape index (κ2) is 7.47. The van der Waals surface area contributed by atoms with E-state index in [4.69, 9.17) is 0 Å². The number of aliphatic hydroxyl groups excluding tert-OH is 1. The van der Waals surface area contributed by atoms with Gasteiger partial charge in [0.15, 0.2) is 0 Å². The molecule has 1 saturated carbocycles. The number of rotatable bonds is 6. The molecule has 1 unspecified atom stereocenters. The first-order valence-electron chi connectivity index (χ1n) is 8.43. The van der Waals surface area contributed by atoms with Crippen molar-refractivity contribution in [2.24, 2.45) is 0 Å². The van der Waals surface area contributed by atoms with Crippen LogP contribution in [0.3, 0.4) is 0 Å². The van der Waals surface area contributed by atoms with Crippen molar-refractivity contribution >= 4 is 5.91 Å². The molecule has 4 nitrogen and oxygen atoms in total. The molecule has 2 N–H and O–H groups in total. The highest BCUT2D eigenvalue weighted by Gasteiger charge is 2.23. The van der Waals surface area contributed by atoms with Crippen molar-refractivity contribution in [3.63, 3.8) is 0 Å². The van der Waals surface area contributed by atoms with E-state index >= 15 is 0 Å². The number of carbonyl (C=O) groups excluding carboxylic acids is 1. The molecule has 1 atom stereocenters. The van der Waals surface area contributed by atoms with Crippen molar-refractivity contribution in [1.82, 2.24) is 9.88 Å². The molecule has 0 radical (unpaired) electrons. The molecular formula is C19H24N2O2. The van der Waals surface area contributed by atoms with Crippen LogP contribution in [0.5, 0.6) is 0 Å². The Morgan fingerprint density at radius 1 is 1.17 bits per heavy atom. The Morgan fingerprint density at radius 3 is 2.61 bits per heavy atom. The van der Waals surface area contributed by atoms with Gasteiger partial charge in [0.25, 0.3) is 5.91 Å². The lowest BCUT2D eigenvalue weighted by Gasteiger charge is -2.20. The largest absolute Gasteiger partial charge is 0.396 e. The number of aliphatic hydroxyl groups is 1. The molecule has 23 heavy (non-hydrogen) atoms. The van der Waals surface area contributed by atoms with Gasteiger partial charge in [0.1, 0.15) is 5.69 Å². The normalized spacial score (nSPS) is 16.4. The molecule has 1 aliphatic rings. The minimum Gasteiger partial charge on any atom is -0.396 e. The van der Waals surface area contributed by atoms with Gasteiger partial charge in [0, 0.05) is 18.8 Å². The number of aromatic nitrogens is 1. The molecule has 0 saturated heterocycles. The summed E-state index contributed by atoms with van der Waals surface area (Å²) in [5.74, 6) is -0.0656. The number of hydrogen-bond donors (Lipinski definition) is 2. The Bertz CT molecular complexity index is 630. The Hall–Kier alpha value is -2.07.